The fourth-order valence-corrected chi connectivity index (χ4v) is 3.88. The molecule has 138 valence electrons. The zero-order valence-corrected chi connectivity index (χ0v) is 15.3. The van der Waals surface area contributed by atoms with Crippen molar-refractivity contribution in [1.29, 1.82) is 0 Å². The van der Waals surface area contributed by atoms with Gasteiger partial charge >= 0.3 is 12.1 Å². The molecular weight excluding hydrogens is 292 g/mol. The number of nitrogens with two attached hydrogens (primary N) is 4. The van der Waals surface area contributed by atoms with Gasteiger partial charge < -0.3 is 22.9 Å². The smallest absolute Gasteiger partial charge is 0.309 e. The number of hydrogen-bond donors (Lipinski definition) is 4. The summed E-state index contributed by atoms with van der Waals surface area (Å²) >= 11 is 0. The zero-order valence-electron chi connectivity index (χ0n) is 15.3. The van der Waals surface area contributed by atoms with Crippen LogP contribution in [0.15, 0.2) is 0 Å². The molecule has 0 aromatic carbocycles. The van der Waals surface area contributed by atoms with Gasteiger partial charge in [-0.05, 0) is 37.0 Å². The van der Waals surface area contributed by atoms with Crippen LogP contribution in [0.2, 0.25) is 0 Å². The van der Waals surface area contributed by atoms with E-state index in [1.807, 2.05) is 0 Å². The standard InChI is InChI=1S/C15H30.2CH4N2O/c1-4-8-14-9-7-12-15(13-14,10-5-2)11-6-3;2*2-1(3)4/h14H,4-13H2,1-3H3;2*(H4,2,3,4). The molecule has 0 aromatic rings. The van der Waals surface area contributed by atoms with E-state index in [4.69, 9.17) is 9.59 Å². The summed E-state index contributed by atoms with van der Waals surface area (Å²) in [7, 11) is 0. The van der Waals surface area contributed by atoms with E-state index in [0.717, 1.165) is 11.3 Å². The van der Waals surface area contributed by atoms with Crippen molar-refractivity contribution in [1.82, 2.24) is 0 Å². The average molecular weight is 331 g/mol. The third-order valence-corrected chi connectivity index (χ3v) is 4.30. The maximum atomic E-state index is 9.00. The predicted octanol–water partition coefficient (Wildman–Crippen LogP) is 3.61. The van der Waals surface area contributed by atoms with Gasteiger partial charge in [-0.1, -0.05) is 59.3 Å². The van der Waals surface area contributed by atoms with E-state index in [1.165, 1.54) is 57.8 Å². The SMILES string of the molecule is CCCC1CCCC(CCC)(CCC)C1.NC(N)=O.NC(N)=O. The first-order valence-corrected chi connectivity index (χ1v) is 8.82. The van der Waals surface area contributed by atoms with Crippen molar-refractivity contribution < 1.29 is 9.59 Å². The van der Waals surface area contributed by atoms with Gasteiger partial charge in [-0.25, -0.2) is 9.59 Å². The minimum atomic E-state index is -0.833. The van der Waals surface area contributed by atoms with E-state index < -0.39 is 12.1 Å². The molecule has 1 unspecified atom stereocenters. The highest BCUT2D eigenvalue weighted by molar-refractivity contribution is 5.69. The van der Waals surface area contributed by atoms with Crippen molar-refractivity contribution in [2.45, 2.75) is 85.0 Å². The highest BCUT2D eigenvalue weighted by Crippen LogP contribution is 2.47. The van der Waals surface area contributed by atoms with Crippen LogP contribution in [0.1, 0.15) is 85.0 Å². The van der Waals surface area contributed by atoms with E-state index in [9.17, 15) is 0 Å². The summed E-state index contributed by atoms with van der Waals surface area (Å²) in [6.45, 7) is 7.07. The van der Waals surface area contributed by atoms with Crippen molar-refractivity contribution in [3.63, 3.8) is 0 Å². The maximum absolute atomic E-state index is 9.00. The van der Waals surface area contributed by atoms with Crippen LogP contribution < -0.4 is 22.9 Å². The van der Waals surface area contributed by atoms with Gasteiger partial charge in [-0.15, -0.1) is 0 Å². The number of carbonyl (C=O) groups excluding carboxylic acids is 2. The minimum Gasteiger partial charge on any atom is -0.352 e. The number of amides is 4. The van der Waals surface area contributed by atoms with Crippen LogP contribution in [0.4, 0.5) is 9.59 Å². The van der Waals surface area contributed by atoms with E-state index >= 15 is 0 Å². The molecule has 1 aliphatic rings. The second-order valence-electron chi connectivity index (χ2n) is 6.56. The third-order valence-electron chi connectivity index (χ3n) is 4.30. The summed E-state index contributed by atoms with van der Waals surface area (Å²) in [6, 6.07) is -1.67. The molecule has 6 heteroatoms. The zero-order chi connectivity index (χ0) is 18.3. The van der Waals surface area contributed by atoms with Gasteiger partial charge in [0, 0.05) is 0 Å². The molecule has 0 bridgehead atoms. The first kappa shape index (κ1) is 23.8. The molecule has 0 heterocycles. The van der Waals surface area contributed by atoms with Gasteiger partial charge in [-0.3, -0.25) is 0 Å². The minimum absolute atomic E-state index is 0.752. The predicted molar refractivity (Wildman–Crippen MR) is 96.7 cm³/mol. The number of hydrogen-bond acceptors (Lipinski definition) is 2. The lowest BCUT2D eigenvalue weighted by atomic mass is 9.64. The van der Waals surface area contributed by atoms with Crippen LogP contribution in [0, 0.1) is 11.3 Å². The second-order valence-corrected chi connectivity index (χ2v) is 6.56. The van der Waals surface area contributed by atoms with Gasteiger partial charge in [-0.2, -0.15) is 0 Å². The first-order valence-electron chi connectivity index (χ1n) is 8.82. The molecule has 1 rings (SSSR count). The molecule has 0 saturated heterocycles. The molecule has 1 fully saturated rings. The molecule has 1 aliphatic carbocycles. The summed E-state index contributed by atoms with van der Waals surface area (Å²) in [5.41, 5.74) is 17.8. The van der Waals surface area contributed by atoms with E-state index in [-0.39, 0.29) is 0 Å². The van der Waals surface area contributed by atoms with Gasteiger partial charge in [0.05, 0.1) is 0 Å². The van der Waals surface area contributed by atoms with Crippen LogP contribution in [-0.2, 0) is 0 Å². The van der Waals surface area contributed by atoms with E-state index in [1.54, 1.807) is 6.42 Å². The highest BCUT2D eigenvalue weighted by Gasteiger charge is 2.34. The third kappa shape index (κ3) is 15.2. The molecule has 1 saturated carbocycles. The van der Waals surface area contributed by atoms with Crippen molar-refractivity contribution in [3.8, 4) is 0 Å². The highest BCUT2D eigenvalue weighted by atomic mass is 16.2. The number of primary amides is 4. The first-order chi connectivity index (χ1) is 10.7. The second kappa shape index (κ2) is 14.2. The Balaban J connectivity index is 0. The Bertz CT molecular complexity index is 288. The topological polar surface area (TPSA) is 138 Å². The molecule has 8 N–H and O–H groups in total. The molecule has 0 aliphatic heterocycles. The molecule has 0 radical (unpaired) electrons. The molecule has 1 atom stereocenters. The van der Waals surface area contributed by atoms with Crippen molar-refractivity contribution in [2.75, 3.05) is 0 Å². The molecule has 4 amide bonds. The van der Waals surface area contributed by atoms with Gasteiger partial charge in [0.25, 0.3) is 0 Å². The van der Waals surface area contributed by atoms with Crippen LogP contribution >= 0.6 is 0 Å². The fourth-order valence-electron chi connectivity index (χ4n) is 3.88. The lowest BCUT2D eigenvalue weighted by Gasteiger charge is -2.41. The van der Waals surface area contributed by atoms with Gasteiger partial charge in [0.2, 0.25) is 0 Å². The number of carbonyl (C=O) groups is 2. The van der Waals surface area contributed by atoms with Crippen LogP contribution in [-0.4, -0.2) is 12.1 Å². The Hall–Kier alpha value is -1.46. The van der Waals surface area contributed by atoms with Gasteiger partial charge in [0.1, 0.15) is 0 Å². The normalized spacial score (nSPS) is 18.7. The largest absolute Gasteiger partial charge is 0.352 e. The van der Waals surface area contributed by atoms with Crippen molar-refractivity contribution in [2.24, 2.45) is 34.3 Å². The van der Waals surface area contributed by atoms with Crippen molar-refractivity contribution >= 4 is 12.1 Å². The Morgan fingerprint density at radius 1 is 0.913 bits per heavy atom. The molecule has 0 spiro atoms. The van der Waals surface area contributed by atoms with Gasteiger partial charge in [0.15, 0.2) is 0 Å². The summed E-state index contributed by atoms with van der Waals surface area (Å²) < 4.78 is 0. The Kier molecular flexibility index (Phi) is 14.6. The van der Waals surface area contributed by atoms with E-state index in [0.29, 0.717) is 0 Å². The molecule has 0 aromatic heterocycles. The summed E-state index contributed by atoms with van der Waals surface area (Å²) in [6.07, 6.45) is 14.7. The number of rotatable bonds is 6. The lowest BCUT2D eigenvalue weighted by molar-refractivity contribution is 0.106. The van der Waals surface area contributed by atoms with Crippen LogP contribution in [0.5, 0.6) is 0 Å². The molecule has 6 nitrogen and oxygen atoms in total. The van der Waals surface area contributed by atoms with Crippen LogP contribution in [0.3, 0.4) is 0 Å². The lowest BCUT2D eigenvalue weighted by Crippen LogP contribution is -2.28. The van der Waals surface area contributed by atoms with E-state index in [2.05, 4.69) is 43.7 Å². The molecular formula is C17H38N4O2. The quantitative estimate of drug-likeness (QED) is 0.591. The average Bonchev–Trinajstić information content (AvgIpc) is 2.38. The Morgan fingerprint density at radius 3 is 1.70 bits per heavy atom. The fraction of sp³-hybridized carbons (Fsp3) is 0.882. The maximum Gasteiger partial charge on any atom is 0.309 e. The summed E-state index contributed by atoms with van der Waals surface area (Å²) in [5, 5.41) is 0. The molecule has 23 heavy (non-hydrogen) atoms. The number of urea groups is 2. The summed E-state index contributed by atoms with van der Waals surface area (Å²) in [5.74, 6) is 1.06. The Labute approximate surface area is 141 Å². The van der Waals surface area contributed by atoms with Crippen molar-refractivity contribution in [3.05, 3.63) is 0 Å². The Morgan fingerprint density at radius 2 is 1.35 bits per heavy atom. The van der Waals surface area contributed by atoms with Crippen LogP contribution in [0.25, 0.3) is 0 Å². The monoisotopic (exact) mass is 330 g/mol. The summed E-state index contributed by atoms with van der Waals surface area (Å²) in [4.78, 5) is 18.0.